The van der Waals surface area contributed by atoms with E-state index in [0.29, 0.717) is 16.8 Å². The Bertz CT molecular complexity index is 930. The first-order valence-corrected chi connectivity index (χ1v) is 9.06. The maximum Gasteiger partial charge on any atom is 0.326 e. The highest BCUT2D eigenvalue weighted by Crippen LogP contribution is 2.30. The molecule has 0 radical (unpaired) electrons. The summed E-state index contributed by atoms with van der Waals surface area (Å²) in [6.45, 7) is 7.08. The molecule has 0 saturated heterocycles. The largest absolute Gasteiger partial charge is 0.454 e. The Balaban J connectivity index is 1.56. The van der Waals surface area contributed by atoms with Crippen LogP contribution in [0, 0.1) is 6.92 Å². The molecule has 0 aliphatic carbocycles. The number of carbonyl (C=O) groups excluding carboxylic acids is 3. The zero-order chi connectivity index (χ0) is 20.3. The summed E-state index contributed by atoms with van der Waals surface area (Å²) >= 11 is 0. The number of anilines is 1. The molecule has 1 N–H and O–H groups in total. The van der Waals surface area contributed by atoms with Crippen molar-refractivity contribution in [2.75, 3.05) is 18.5 Å². The normalized spacial score (nSPS) is 12.7. The van der Waals surface area contributed by atoms with Gasteiger partial charge in [-0.25, -0.2) is 0 Å². The number of rotatable bonds is 6. The lowest BCUT2D eigenvalue weighted by atomic mass is 10.1. The smallest absolute Gasteiger partial charge is 0.326 e. The summed E-state index contributed by atoms with van der Waals surface area (Å²) in [6.07, 6.45) is 0.775. The van der Waals surface area contributed by atoms with E-state index in [0.717, 1.165) is 23.2 Å². The van der Waals surface area contributed by atoms with Crippen LogP contribution in [0.4, 0.5) is 5.69 Å². The van der Waals surface area contributed by atoms with Crippen LogP contribution >= 0.6 is 0 Å². The molecule has 0 fully saturated rings. The lowest BCUT2D eigenvalue weighted by Gasteiger charge is -2.17. The van der Waals surface area contributed by atoms with E-state index >= 15 is 0 Å². The molecule has 2 aromatic carbocycles. The Labute approximate surface area is 163 Å². The number of benzene rings is 2. The van der Waals surface area contributed by atoms with Gasteiger partial charge in [0.05, 0.1) is 0 Å². The number of nitrogens with one attached hydrogen (secondary N) is 1. The number of aryl methyl sites for hydroxylation is 2. The van der Waals surface area contributed by atoms with E-state index in [2.05, 4.69) is 11.9 Å². The van der Waals surface area contributed by atoms with E-state index in [1.165, 1.54) is 4.90 Å². The lowest BCUT2D eigenvalue weighted by Crippen LogP contribution is -2.32. The van der Waals surface area contributed by atoms with E-state index < -0.39 is 18.5 Å². The van der Waals surface area contributed by atoms with Gasteiger partial charge in [-0.1, -0.05) is 49.9 Å². The molecule has 0 atom stereocenters. The predicted molar refractivity (Wildman–Crippen MR) is 107 cm³/mol. The van der Waals surface area contributed by atoms with Gasteiger partial charge in [0.1, 0.15) is 6.54 Å². The molecular formula is C22H22N2O4. The molecule has 3 rings (SSSR count). The van der Waals surface area contributed by atoms with Crippen LogP contribution in [0.5, 0.6) is 0 Å². The second kappa shape index (κ2) is 8.08. The van der Waals surface area contributed by atoms with Crippen molar-refractivity contribution in [3.8, 4) is 0 Å². The number of hydrogen-bond donors (Lipinski definition) is 1. The lowest BCUT2D eigenvalue weighted by molar-refractivity contribution is -0.147. The van der Waals surface area contributed by atoms with Gasteiger partial charge in [-0.3, -0.25) is 19.3 Å². The van der Waals surface area contributed by atoms with Crippen molar-refractivity contribution < 1.29 is 19.1 Å². The third-order valence-corrected chi connectivity index (χ3v) is 4.70. The topological polar surface area (TPSA) is 75.7 Å². The zero-order valence-electron chi connectivity index (χ0n) is 16.0. The minimum absolute atomic E-state index is 0.287. The van der Waals surface area contributed by atoms with Crippen LogP contribution in [0.25, 0.3) is 5.70 Å². The highest BCUT2D eigenvalue weighted by molar-refractivity contribution is 6.10. The minimum atomic E-state index is -0.669. The van der Waals surface area contributed by atoms with Crippen molar-refractivity contribution in [2.45, 2.75) is 20.3 Å². The van der Waals surface area contributed by atoms with Crippen LogP contribution in [0.2, 0.25) is 0 Å². The zero-order valence-corrected chi connectivity index (χ0v) is 16.0. The summed E-state index contributed by atoms with van der Waals surface area (Å²) < 4.78 is 5.06. The third kappa shape index (κ3) is 3.81. The van der Waals surface area contributed by atoms with Crippen molar-refractivity contribution in [1.29, 1.82) is 0 Å². The van der Waals surface area contributed by atoms with E-state index in [9.17, 15) is 14.4 Å². The van der Waals surface area contributed by atoms with E-state index in [1.54, 1.807) is 24.3 Å². The van der Waals surface area contributed by atoms with Crippen LogP contribution in [0.3, 0.4) is 0 Å². The summed E-state index contributed by atoms with van der Waals surface area (Å²) in [5, 5.41) is 2.80. The number of fused-ring (bicyclic) bond motifs is 1. The molecule has 2 amide bonds. The number of esters is 1. The first kappa shape index (κ1) is 19.4. The number of para-hydroxylation sites is 1. The predicted octanol–water partition coefficient (Wildman–Crippen LogP) is 3.17. The second-order valence-electron chi connectivity index (χ2n) is 6.56. The van der Waals surface area contributed by atoms with Gasteiger partial charge in [-0.15, -0.1) is 0 Å². The quantitative estimate of drug-likeness (QED) is 0.784. The number of nitrogens with zero attached hydrogens (tertiary/aromatic N) is 1. The average Bonchev–Trinajstić information content (AvgIpc) is 2.93. The van der Waals surface area contributed by atoms with Gasteiger partial charge in [0.2, 0.25) is 0 Å². The molecule has 6 heteroatoms. The summed E-state index contributed by atoms with van der Waals surface area (Å²) in [6, 6.07) is 12.8. The summed E-state index contributed by atoms with van der Waals surface area (Å²) in [4.78, 5) is 38.0. The average molecular weight is 378 g/mol. The molecule has 0 aromatic heterocycles. The molecule has 1 aliphatic rings. The van der Waals surface area contributed by atoms with Crippen molar-refractivity contribution >= 4 is 29.2 Å². The molecule has 144 valence electrons. The number of ether oxygens (including phenoxy) is 1. The Kier molecular flexibility index (Phi) is 5.59. The van der Waals surface area contributed by atoms with Crippen molar-refractivity contribution in [3.05, 3.63) is 71.3 Å². The monoisotopic (exact) mass is 378 g/mol. The van der Waals surface area contributed by atoms with Gasteiger partial charge >= 0.3 is 5.97 Å². The number of carbonyl (C=O) groups is 3. The maximum atomic E-state index is 12.4. The molecule has 28 heavy (non-hydrogen) atoms. The van der Waals surface area contributed by atoms with Gasteiger partial charge in [0, 0.05) is 22.5 Å². The second-order valence-corrected chi connectivity index (χ2v) is 6.56. The molecule has 2 aromatic rings. The Morgan fingerprint density at radius 3 is 2.50 bits per heavy atom. The fourth-order valence-electron chi connectivity index (χ4n) is 3.20. The molecule has 0 unspecified atom stereocenters. The van der Waals surface area contributed by atoms with Crippen molar-refractivity contribution in [2.24, 2.45) is 0 Å². The van der Waals surface area contributed by atoms with Crippen LogP contribution in [0.15, 0.2) is 49.0 Å². The van der Waals surface area contributed by atoms with Crippen LogP contribution in [0.1, 0.15) is 34.0 Å². The fourth-order valence-corrected chi connectivity index (χ4v) is 3.20. The molecule has 0 spiro atoms. The highest BCUT2D eigenvalue weighted by Gasteiger charge is 2.32. The van der Waals surface area contributed by atoms with Gasteiger partial charge in [0.15, 0.2) is 6.61 Å². The molecule has 1 heterocycles. The van der Waals surface area contributed by atoms with E-state index in [1.807, 2.05) is 32.0 Å². The van der Waals surface area contributed by atoms with Crippen LogP contribution in [-0.4, -0.2) is 35.8 Å². The minimum Gasteiger partial charge on any atom is -0.454 e. The third-order valence-electron chi connectivity index (χ3n) is 4.70. The first-order chi connectivity index (χ1) is 13.4. The van der Waals surface area contributed by atoms with Gasteiger partial charge in [0.25, 0.3) is 11.8 Å². The van der Waals surface area contributed by atoms with Gasteiger partial charge < -0.3 is 10.1 Å². The van der Waals surface area contributed by atoms with Gasteiger partial charge in [-0.2, -0.15) is 0 Å². The highest BCUT2D eigenvalue weighted by atomic mass is 16.5. The molecule has 1 aliphatic heterocycles. The van der Waals surface area contributed by atoms with E-state index in [4.69, 9.17) is 4.74 Å². The molecular weight excluding hydrogens is 356 g/mol. The Morgan fingerprint density at radius 2 is 1.82 bits per heavy atom. The summed E-state index contributed by atoms with van der Waals surface area (Å²) in [5.41, 5.74) is 4.35. The fraction of sp³-hybridized carbons (Fsp3) is 0.227. The van der Waals surface area contributed by atoms with Crippen molar-refractivity contribution in [1.82, 2.24) is 4.90 Å². The summed E-state index contributed by atoms with van der Waals surface area (Å²) in [7, 11) is 0. The molecule has 0 saturated carbocycles. The Morgan fingerprint density at radius 1 is 1.11 bits per heavy atom. The number of hydrogen-bond acceptors (Lipinski definition) is 4. The van der Waals surface area contributed by atoms with Gasteiger partial charge in [-0.05, 0) is 30.5 Å². The SMILES string of the molecule is C=C1c2ccccc2C(=O)N1CC(=O)OCC(=O)Nc1c(C)cccc1CC. The van der Waals surface area contributed by atoms with Crippen LogP contribution in [-0.2, 0) is 20.7 Å². The molecule has 0 bridgehead atoms. The van der Waals surface area contributed by atoms with E-state index in [-0.39, 0.29) is 12.5 Å². The maximum absolute atomic E-state index is 12.4. The molecule has 6 nitrogen and oxygen atoms in total. The number of amides is 2. The standard InChI is InChI=1S/C22H22N2O4/c1-4-16-9-7-8-14(2)21(16)23-19(25)13-28-20(26)12-24-15(3)17-10-5-6-11-18(17)22(24)27/h5-11H,3-4,12-13H2,1-2H3,(H,23,25). The summed E-state index contributed by atoms with van der Waals surface area (Å²) in [5.74, 6) is -1.39. The Hall–Kier alpha value is -3.41. The van der Waals surface area contributed by atoms with Crippen molar-refractivity contribution in [3.63, 3.8) is 0 Å². The van der Waals surface area contributed by atoms with Crippen LogP contribution < -0.4 is 5.32 Å². The first-order valence-electron chi connectivity index (χ1n) is 9.06.